The first-order valence-corrected chi connectivity index (χ1v) is 10.9. The molecule has 5 heteroatoms. The van der Waals surface area contributed by atoms with Gasteiger partial charge in [-0.15, -0.1) is 0 Å². The summed E-state index contributed by atoms with van der Waals surface area (Å²) in [4.78, 5) is 7.34. The molecule has 28 heavy (non-hydrogen) atoms. The molecule has 0 radical (unpaired) electrons. The van der Waals surface area contributed by atoms with Gasteiger partial charge in [-0.3, -0.25) is 0 Å². The van der Waals surface area contributed by atoms with Gasteiger partial charge in [0.1, 0.15) is 0 Å². The maximum atomic E-state index is 6.01. The van der Waals surface area contributed by atoms with Crippen LogP contribution in [0.2, 0.25) is 0 Å². The molecule has 0 bridgehead atoms. The second-order valence-electron chi connectivity index (χ2n) is 8.46. The number of aliphatic imine (C=N–C) groups is 1. The number of piperidine rings is 1. The minimum absolute atomic E-state index is 0.343. The van der Waals surface area contributed by atoms with Crippen molar-refractivity contribution in [3.05, 3.63) is 35.4 Å². The highest BCUT2D eigenvalue weighted by Gasteiger charge is 2.23. The Bertz CT molecular complexity index is 601. The van der Waals surface area contributed by atoms with Crippen molar-refractivity contribution < 1.29 is 9.47 Å². The van der Waals surface area contributed by atoms with Gasteiger partial charge in [-0.1, -0.05) is 38.1 Å². The van der Waals surface area contributed by atoms with E-state index in [1.54, 1.807) is 0 Å². The van der Waals surface area contributed by atoms with Crippen LogP contribution in [0.15, 0.2) is 29.3 Å². The Morgan fingerprint density at radius 3 is 2.39 bits per heavy atom. The maximum Gasteiger partial charge on any atom is 0.194 e. The molecule has 0 aliphatic carbocycles. The molecule has 5 nitrogen and oxygen atoms in total. The largest absolute Gasteiger partial charge is 0.381 e. The van der Waals surface area contributed by atoms with Crippen LogP contribution < -0.4 is 5.32 Å². The first kappa shape index (κ1) is 21.1. The summed E-state index contributed by atoms with van der Waals surface area (Å²) in [6.45, 7) is 13.0. The number of hydrogen-bond acceptors (Lipinski definition) is 3. The van der Waals surface area contributed by atoms with Gasteiger partial charge in [-0.2, -0.15) is 0 Å². The lowest BCUT2D eigenvalue weighted by Gasteiger charge is -2.37. The molecule has 2 fully saturated rings. The second-order valence-corrected chi connectivity index (χ2v) is 8.46. The number of nitrogens with one attached hydrogen (secondary N) is 1. The fraction of sp³-hybridized carbons (Fsp3) is 0.696. The molecule has 2 saturated heterocycles. The van der Waals surface area contributed by atoms with E-state index in [0.717, 1.165) is 63.5 Å². The van der Waals surface area contributed by atoms with Gasteiger partial charge in [0.15, 0.2) is 5.96 Å². The highest BCUT2D eigenvalue weighted by molar-refractivity contribution is 5.80. The summed E-state index contributed by atoms with van der Waals surface area (Å²) in [5, 5.41) is 3.48. The number of hydrogen-bond donors (Lipinski definition) is 1. The number of nitrogens with zero attached hydrogens (tertiary/aromatic N) is 2. The average molecular weight is 388 g/mol. The number of benzene rings is 1. The fourth-order valence-corrected chi connectivity index (χ4v) is 4.23. The normalized spacial score (nSPS) is 24.4. The highest BCUT2D eigenvalue weighted by atomic mass is 16.5. The molecule has 0 amide bonds. The van der Waals surface area contributed by atoms with Crippen LogP contribution in [0.1, 0.15) is 51.2 Å². The zero-order valence-corrected chi connectivity index (χ0v) is 17.8. The minimum Gasteiger partial charge on any atom is -0.381 e. The predicted molar refractivity (Wildman–Crippen MR) is 114 cm³/mol. The van der Waals surface area contributed by atoms with Gasteiger partial charge in [0.2, 0.25) is 0 Å². The molecular formula is C23H37N3O2. The lowest BCUT2D eigenvalue weighted by Crippen LogP contribution is -2.48. The SMILES string of the molecule is CCNC(=NCc1ccc(COC2CCOCC2)cc1)N1CC(C)CC(C)C1. The number of ether oxygens (including phenoxy) is 2. The van der Waals surface area contributed by atoms with E-state index in [9.17, 15) is 0 Å². The minimum atomic E-state index is 0.343. The third kappa shape index (κ3) is 6.49. The molecule has 0 saturated carbocycles. The Morgan fingerprint density at radius 1 is 1.11 bits per heavy atom. The molecule has 0 aromatic heterocycles. The van der Waals surface area contributed by atoms with E-state index in [2.05, 4.69) is 55.3 Å². The van der Waals surface area contributed by atoms with E-state index >= 15 is 0 Å². The molecule has 1 N–H and O–H groups in total. The van der Waals surface area contributed by atoms with E-state index in [4.69, 9.17) is 14.5 Å². The Kier molecular flexibility index (Phi) is 8.16. The summed E-state index contributed by atoms with van der Waals surface area (Å²) in [6.07, 6.45) is 3.67. The first-order valence-electron chi connectivity index (χ1n) is 10.9. The van der Waals surface area contributed by atoms with Gasteiger partial charge in [0.05, 0.1) is 19.3 Å². The van der Waals surface area contributed by atoms with Crippen molar-refractivity contribution in [2.75, 3.05) is 32.8 Å². The molecule has 156 valence electrons. The van der Waals surface area contributed by atoms with Crippen molar-refractivity contribution in [3.63, 3.8) is 0 Å². The lowest BCUT2D eigenvalue weighted by molar-refractivity contribution is -0.0390. The zero-order valence-electron chi connectivity index (χ0n) is 17.8. The van der Waals surface area contributed by atoms with E-state index in [-0.39, 0.29) is 0 Å². The first-order chi connectivity index (χ1) is 13.6. The van der Waals surface area contributed by atoms with Crippen LogP contribution >= 0.6 is 0 Å². The molecule has 1 aromatic carbocycles. The van der Waals surface area contributed by atoms with E-state index in [1.807, 2.05) is 0 Å². The Balaban J connectivity index is 1.53. The quantitative estimate of drug-likeness (QED) is 0.595. The lowest BCUT2D eigenvalue weighted by atomic mass is 9.92. The van der Waals surface area contributed by atoms with Crippen LogP contribution in [0, 0.1) is 11.8 Å². The summed E-state index contributed by atoms with van der Waals surface area (Å²) < 4.78 is 11.4. The van der Waals surface area contributed by atoms with Crippen molar-refractivity contribution >= 4 is 5.96 Å². The van der Waals surface area contributed by atoms with Crippen LogP contribution in [0.4, 0.5) is 0 Å². The molecule has 3 rings (SSSR count). The molecule has 2 aliphatic rings. The topological polar surface area (TPSA) is 46.1 Å². The fourth-order valence-electron chi connectivity index (χ4n) is 4.23. The summed E-state index contributed by atoms with van der Waals surface area (Å²) in [5.74, 6) is 2.50. The molecule has 0 spiro atoms. The summed E-state index contributed by atoms with van der Waals surface area (Å²) in [6, 6.07) is 8.69. The molecule has 2 unspecified atom stereocenters. The second kappa shape index (κ2) is 10.8. The summed E-state index contributed by atoms with van der Waals surface area (Å²) in [7, 11) is 0. The molecular weight excluding hydrogens is 350 g/mol. The molecule has 2 heterocycles. The molecule has 2 atom stereocenters. The maximum absolute atomic E-state index is 6.01. The molecule has 2 aliphatic heterocycles. The van der Waals surface area contributed by atoms with Crippen LogP contribution in [-0.2, 0) is 22.6 Å². The zero-order chi connectivity index (χ0) is 19.8. The van der Waals surface area contributed by atoms with Crippen LogP contribution in [-0.4, -0.2) is 49.8 Å². The summed E-state index contributed by atoms with van der Waals surface area (Å²) >= 11 is 0. The smallest absolute Gasteiger partial charge is 0.194 e. The predicted octanol–water partition coefficient (Wildman–Crippen LogP) is 3.83. The third-order valence-electron chi connectivity index (χ3n) is 5.59. The third-order valence-corrected chi connectivity index (χ3v) is 5.59. The van der Waals surface area contributed by atoms with Gasteiger partial charge in [0.25, 0.3) is 0 Å². The number of rotatable bonds is 6. The number of likely N-dealkylation sites (tertiary alicyclic amines) is 1. The van der Waals surface area contributed by atoms with Crippen molar-refractivity contribution in [2.45, 2.75) is 59.3 Å². The standard InChI is InChI=1S/C23H37N3O2/c1-4-24-23(26-15-18(2)13-19(3)16-26)25-14-20-5-7-21(8-6-20)17-28-22-9-11-27-12-10-22/h5-8,18-19,22H,4,9-17H2,1-3H3,(H,24,25). The van der Waals surface area contributed by atoms with Crippen molar-refractivity contribution in [1.82, 2.24) is 10.2 Å². The Morgan fingerprint density at radius 2 is 1.75 bits per heavy atom. The van der Waals surface area contributed by atoms with Crippen molar-refractivity contribution in [2.24, 2.45) is 16.8 Å². The van der Waals surface area contributed by atoms with Gasteiger partial charge in [-0.25, -0.2) is 4.99 Å². The van der Waals surface area contributed by atoms with Crippen molar-refractivity contribution in [1.29, 1.82) is 0 Å². The van der Waals surface area contributed by atoms with Gasteiger partial charge in [0, 0.05) is 32.8 Å². The van der Waals surface area contributed by atoms with Crippen molar-refractivity contribution in [3.8, 4) is 0 Å². The van der Waals surface area contributed by atoms with Crippen LogP contribution in [0.25, 0.3) is 0 Å². The van der Waals surface area contributed by atoms with E-state index < -0.39 is 0 Å². The average Bonchev–Trinajstić information content (AvgIpc) is 2.70. The number of guanidine groups is 1. The monoisotopic (exact) mass is 387 g/mol. The summed E-state index contributed by atoms with van der Waals surface area (Å²) in [5.41, 5.74) is 2.47. The van der Waals surface area contributed by atoms with Crippen LogP contribution in [0.3, 0.4) is 0 Å². The van der Waals surface area contributed by atoms with Gasteiger partial charge in [-0.05, 0) is 49.1 Å². The van der Waals surface area contributed by atoms with Crippen LogP contribution in [0.5, 0.6) is 0 Å². The van der Waals surface area contributed by atoms with Gasteiger partial charge < -0.3 is 19.7 Å². The van der Waals surface area contributed by atoms with Gasteiger partial charge >= 0.3 is 0 Å². The van der Waals surface area contributed by atoms with E-state index in [0.29, 0.717) is 19.3 Å². The molecule has 1 aromatic rings. The highest BCUT2D eigenvalue weighted by Crippen LogP contribution is 2.21. The Labute approximate surface area is 170 Å². The Hall–Kier alpha value is -1.59. The van der Waals surface area contributed by atoms with E-state index in [1.165, 1.54) is 17.5 Å².